The molecular formula is C62H120O17P2. The van der Waals surface area contributed by atoms with Crippen molar-refractivity contribution in [3.63, 3.8) is 0 Å². The third-order valence-electron chi connectivity index (χ3n) is 14.6. The molecule has 0 heterocycles. The molecule has 17 nitrogen and oxygen atoms in total. The molecule has 0 aromatic heterocycles. The molecule has 0 radical (unpaired) electrons. The molecule has 3 N–H and O–H groups in total. The second kappa shape index (κ2) is 54.7. The fourth-order valence-electron chi connectivity index (χ4n) is 9.15. The van der Waals surface area contributed by atoms with Crippen LogP contribution < -0.4 is 0 Å². The molecule has 0 aliphatic rings. The third kappa shape index (κ3) is 55.7. The molecule has 0 bridgehead atoms. The average molecular weight is 1200 g/mol. The van der Waals surface area contributed by atoms with Crippen LogP contribution in [0.5, 0.6) is 0 Å². The van der Waals surface area contributed by atoms with Crippen molar-refractivity contribution < 1.29 is 80.2 Å². The molecule has 3 unspecified atom stereocenters. The van der Waals surface area contributed by atoms with Gasteiger partial charge in [0, 0.05) is 25.7 Å². The van der Waals surface area contributed by atoms with Gasteiger partial charge in [0.15, 0.2) is 12.2 Å². The summed E-state index contributed by atoms with van der Waals surface area (Å²) in [5.41, 5.74) is 0. The first-order valence-corrected chi connectivity index (χ1v) is 35.5. The summed E-state index contributed by atoms with van der Waals surface area (Å²) in [6, 6.07) is 0. The summed E-state index contributed by atoms with van der Waals surface area (Å²) < 4.78 is 67.6. The van der Waals surface area contributed by atoms with Gasteiger partial charge in [-0.3, -0.25) is 37.3 Å². The Balaban J connectivity index is 5.14. The summed E-state index contributed by atoms with van der Waals surface area (Å²) in [5.74, 6) is -0.579. The number of hydrogen-bond donors (Lipinski definition) is 3. The van der Waals surface area contributed by atoms with Crippen molar-refractivity contribution in [2.75, 3.05) is 39.6 Å². The number of esters is 4. The van der Waals surface area contributed by atoms with E-state index >= 15 is 0 Å². The van der Waals surface area contributed by atoms with E-state index in [2.05, 4.69) is 41.5 Å². The fourth-order valence-corrected chi connectivity index (χ4v) is 10.7. The number of carbonyl (C=O) groups is 4. The van der Waals surface area contributed by atoms with E-state index in [0.29, 0.717) is 25.7 Å². The van der Waals surface area contributed by atoms with Gasteiger partial charge in [-0.15, -0.1) is 0 Å². The van der Waals surface area contributed by atoms with Crippen LogP contribution in [0.3, 0.4) is 0 Å². The Hall–Kier alpha value is -1.94. The molecule has 0 aliphatic carbocycles. The van der Waals surface area contributed by atoms with Crippen LogP contribution in [0.4, 0.5) is 0 Å². The van der Waals surface area contributed by atoms with E-state index in [9.17, 15) is 43.2 Å². The van der Waals surface area contributed by atoms with Crippen molar-refractivity contribution in [2.45, 2.75) is 323 Å². The Labute approximate surface area is 492 Å². The van der Waals surface area contributed by atoms with Crippen molar-refractivity contribution in [3.8, 4) is 0 Å². The summed E-state index contributed by atoms with van der Waals surface area (Å²) in [6.45, 7) is 9.37. The molecule has 0 aliphatic heterocycles. The summed E-state index contributed by atoms with van der Waals surface area (Å²) >= 11 is 0. The molecule has 6 atom stereocenters. The number of phosphoric acid groups is 2. The highest BCUT2D eigenvalue weighted by Crippen LogP contribution is 2.45. The second-order valence-electron chi connectivity index (χ2n) is 23.2. The standard InChI is InChI=1S/C62H120O17P2/c1-7-10-12-14-25-34-40-46-61(66)78-57(50-72-59(64)44-38-30-13-11-8-2)52-76-80(68,69)74-48-56(63)49-75-81(70,71)77-53-58(51-73-60(65)45-39-33-28-24-23-27-32-37-43-55(6)9-3)79-62(67)47-41-35-29-22-20-18-16-15-17-19-21-26-31-36-42-54(4)5/h54-58,63H,7-53H2,1-6H3,(H,68,69)(H,70,71)/t55?,56-,57+,58+/m0/s1. The van der Waals surface area contributed by atoms with Crippen LogP contribution in [0.1, 0.15) is 305 Å². The van der Waals surface area contributed by atoms with Gasteiger partial charge in [0.05, 0.1) is 26.4 Å². The second-order valence-corrected chi connectivity index (χ2v) is 26.1. The number of carbonyl (C=O) groups excluding carboxylic acids is 4. The Morgan fingerprint density at radius 2 is 0.630 bits per heavy atom. The lowest BCUT2D eigenvalue weighted by molar-refractivity contribution is -0.161. The molecule has 0 rings (SSSR count). The zero-order chi connectivity index (χ0) is 60.1. The largest absolute Gasteiger partial charge is 0.472 e. The highest BCUT2D eigenvalue weighted by atomic mass is 31.2. The smallest absolute Gasteiger partial charge is 0.462 e. The molecule has 81 heavy (non-hydrogen) atoms. The zero-order valence-electron chi connectivity index (χ0n) is 52.1. The molecule has 0 spiro atoms. The first kappa shape index (κ1) is 79.1. The minimum Gasteiger partial charge on any atom is -0.462 e. The van der Waals surface area contributed by atoms with Gasteiger partial charge in [0.25, 0.3) is 0 Å². The van der Waals surface area contributed by atoms with Crippen molar-refractivity contribution in [1.82, 2.24) is 0 Å². The van der Waals surface area contributed by atoms with Crippen LogP contribution in [0, 0.1) is 11.8 Å². The minimum atomic E-state index is -4.94. The van der Waals surface area contributed by atoms with E-state index in [1.807, 2.05) is 0 Å². The lowest BCUT2D eigenvalue weighted by Gasteiger charge is -2.21. The van der Waals surface area contributed by atoms with E-state index in [1.165, 1.54) is 103 Å². The Morgan fingerprint density at radius 3 is 0.938 bits per heavy atom. The van der Waals surface area contributed by atoms with Crippen molar-refractivity contribution in [1.29, 1.82) is 0 Å². The van der Waals surface area contributed by atoms with Crippen LogP contribution in [-0.2, 0) is 65.4 Å². The summed E-state index contributed by atoms with van der Waals surface area (Å²) in [5, 5.41) is 10.5. The number of phosphoric ester groups is 2. The van der Waals surface area contributed by atoms with Crippen LogP contribution in [0.2, 0.25) is 0 Å². The van der Waals surface area contributed by atoms with E-state index in [0.717, 1.165) is 121 Å². The summed E-state index contributed by atoms with van der Waals surface area (Å²) in [6.07, 6.45) is 36.7. The van der Waals surface area contributed by atoms with Crippen molar-refractivity contribution in [2.24, 2.45) is 11.8 Å². The zero-order valence-corrected chi connectivity index (χ0v) is 53.9. The van der Waals surface area contributed by atoms with E-state index in [1.54, 1.807) is 0 Å². The minimum absolute atomic E-state index is 0.103. The lowest BCUT2D eigenvalue weighted by atomic mass is 9.99. The topological polar surface area (TPSA) is 237 Å². The number of ether oxygens (including phenoxy) is 4. The molecule has 19 heteroatoms. The van der Waals surface area contributed by atoms with Crippen LogP contribution in [0.15, 0.2) is 0 Å². The predicted octanol–water partition coefficient (Wildman–Crippen LogP) is 16.9. The Kier molecular flexibility index (Phi) is 53.4. The average Bonchev–Trinajstić information content (AvgIpc) is 3.43. The van der Waals surface area contributed by atoms with E-state index in [4.69, 9.17) is 37.0 Å². The van der Waals surface area contributed by atoms with Crippen molar-refractivity contribution in [3.05, 3.63) is 0 Å². The van der Waals surface area contributed by atoms with Gasteiger partial charge in [-0.05, 0) is 37.5 Å². The van der Waals surface area contributed by atoms with Gasteiger partial charge in [0.1, 0.15) is 19.3 Å². The molecule has 0 aromatic rings. The maximum Gasteiger partial charge on any atom is 0.472 e. The summed E-state index contributed by atoms with van der Waals surface area (Å²) in [4.78, 5) is 71.7. The molecule has 0 saturated heterocycles. The highest BCUT2D eigenvalue weighted by molar-refractivity contribution is 7.47. The summed E-state index contributed by atoms with van der Waals surface area (Å²) in [7, 11) is -9.87. The number of aliphatic hydroxyl groups excluding tert-OH is 1. The Morgan fingerprint density at radius 1 is 0.358 bits per heavy atom. The van der Waals surface area contributed by atoms with E-state index < -0.39 is 97.5 Å². The first-order valence-electron chi connectivity index (χ1n) is 32.5. The van der Waals surface area contributed by atoms with Gasteiger partial charge in [-0.2, -0.15) is 0 Å². The Bertz CT molecular complexity index is 1600. The maximum absolute atomic E-state index is 13.0. The molecule has 0 fully saturated rings. The molecule has 0 aromatic carbocycles. The number of rotatable bonds is 61. The number of hydrogen-bond acceptors (Lipinski definition) is 15. The normalized spacial score (nSPS) is 14.7. The monoisotopic (exact) mass is 1200 g/mol. The highest BCUT2D eigenvalue weighted by Gasteiger charge is 2.30. The number of aliphatic hydroxyl groups is 1. The van der Waals surface area contributed by atoms with Gasteiger partial charge < -0.3 is 33.8 Å². The van der Waals surface area contributed by atoms with Gasteiger partial charge in [0.2, 0.25) is 0 Å². The molecule has 0 saturated carbocycles. The van der Waals surface area contributed by atoms with Gasteiger partial charge >= 0.3 is 39.5 Å². The van der Waals surface area contributed by atoms with E-state index in [-0.39, 0.29) is 25.7 Å². The SMILES string of the molecule is CCCCCCCCCC(=O)O[C@H](COC(=O)CCCCCCC)COP(=O)(O)OC[C@H](O)COP(=O)(O)OC[C@@H](COC(=O)CCCCCCCCCCC(C)CC)OC(=O)CCCCCCCCCCCCCCCCC(C)C. The van der Waals surface area contributed by atoms with Gasteiger partial charge in [-0.25, -0.2) is 9.13 Å². The molecular weight excluding hydrogens is 1080 g/mol. The lowest BCUT2D eigenvalue weighted by Crippen LogP contribution is -2.30. The van der Waals surface area contributed by atoms with Crippen LogP contribution >= 0.6 is 15.6 Å². The van der Waals surface area contributed by atoms with Crippen LogP contribution in [-0.4, -0.2) is 96.7 Å². The van der Waals surface area contributed by atoms with Crippen LogP contribution in [0.25, 0.3) is 0 Å². The maximum atomic E-state index is 13.0. The number of unbranched alkanes of at least 4 members (excludes halogenated alkanes) is 30. The molecule has 0 amide bonds. The molecule has 480 valence electrons. The first-order chi connectivity index (χ1) is 38.9. The third-order valence-corrected chi connectivity index (χ3v) is 16.5. The van der Waals surface area contributed by atoms with Gasteiger partial charge in [-0.1, -0.05) is 253 Å². The quantitative estimate of drug-likeness (QED) is 0.0222. The predicted molar refractivity (Wildman–Crippen MR) is 321 cm³/mol. The fraction of sp³-hybridized carbons (Fsp3) is 0.935. The van der Waals surface area contributed by atoms with Crippen molar-refractivity contribution >= 4 is 39.5 Å².